The first-order valence-electron chi connectivity index (χ1n) is 9.46. The number of nitrogens with one attached hydrogen (secondary N) is 1. The average molecular weight is 433 g/mol. The van der Waals surface area contributed by atoms with Crippen molar-refractivity contribution in [2.75, 3.05) is 4.90 Å². The van der Waals surface area contributed by atoms with Crippen LogP contribution in [0.4, 0.5) is 10.5 Å². The summed E-state index contributed by atoms with van der Waals surface area (Å²) in [5.74, 6) is -0.854. The number of imide groups is 2. The van der Waals surface area contributed by atoms with E-state index in [0.717, 1.165) is 10.5 Å². The molecule has 0 saturated carbocycles. The van der Waals surface area contributed by atoms with Gasteiger partial charge in [-0.15, -0.1) is 0 Å². The number of anilines is 1. The minimum atomic E-state index is -0.843. The zero-order valence-corrected chi connectivity index (χ0v) is 17.0. The molecule has 1 aliphatic rings. The van der Waals surface area contributed by atoms with Gasteiger partial charge in [0, 0.05) is 0 Å². The second-order valence-electron chi connectivity index (χ2n) is 6.75. The van der Waals surface area contributed by atoms with Crippen molar-refractivity contribution in [1.29, 1.82) is 0 Å². The number of ether oxygens (including phenoxy) is 1. The van der Waals surface area contributed by atoms with Gasteiger partial charge in [0.25, 0.3) is 11.8 Å². The first kappa shape index (κ1) is 20.4. The first-order chi connectivity index (χ1) is 15.0. The lowest BCUT2D eigenvalue weighted by atomic mass is 10.1. The predicted octanol–water partition coefficient (Wildman–Crippen LogP) is 4.59. The predicted molar refractivity (Wildman–Crippen MR) is 118 cm³/mol. The Hall–Kier alpha value is -3.90. The molecule has 1 fully saturated rings. The van der Waals surface area contributed by atoms with Crippen molar-refractivity contribution in [1.82, 2.24) is 5.32 Å². The maximum absolute atomic E-state index is 12.9. The number of benzene rings is 3. The minimum absolute atomic E-state index is 0.169. The van der Waals surface area contributed by atoms with Crippen LogP contribution in [0.1, 0.15) is 11.1 Å². The Morgan fingerprint density at radius 3 is 2.26 bits per heavy atom. The van der Waals surface area contributed by atoms with Crippen LogP contribution >= 0.6 is 11.6 Å². The van der Waals surface area contributed by atoms with Crippen molar-refractivity contribution >= 4 is 41.2 Å². The smallest absolute Gasteiger partial charge is 0.335 e. The van der Waals surface area contributed by atoms with Crippen molar-refractivity contribution in [3.05, 3.63) is 101 Å². The van der Waals surface area contributed by atoms with Gasteiger partial charge in [-0.2, -0.15) is 0 Å². The van der Waals surface area contributed by atoms with Crippen LogP contribution in [0.5, 0.6) is 5.75 Å². The molecule has 6 nitrogen and oxygen atoms in total. The highest BCUT2D eigenvalue weighted by atomic mass is 35.5. The summed E-state index contributed by atoms with van der Waals surface area (Å²) < 4.78 is 5.75. The number of hydrogen-bond acceptors (Lipinski definition) is 4. The third-order valence-corrected chi connectivity index (χ3v) is 4.95. The number of halogens is 1. The van der Waals surface area contributed by atoms with Gasteiger partial charge in [0.05, 0.1) is 10.7 Å². The van der Waals surface area contributed by atoms with E-state index in [2.05, 4.69) is 5.32 Å². The van der Waals surface area contributed by atoms with Crippen LogP contribution < -0.4 is 15.0 Å². The van der Waals surface area contributed by atoms with Gasteiger partial charge in [-0.3, -0.25) is 14.9 Å². The molecular weight excluding hydrogens is 416 g/mol. The number of amides is 4. The van der Waals surface area contributed by atoms with Gasteiger partial charge in [-0.25, -0.2) is 9.69 Å². The molecule has 4 rings (SSSR count). The number of barbiturate groups is 1. The van der Waals surface area contributed by atoms with Crippen molar-refractivity contribution in [2.45, 2.75) is 6.61 Å². The molecule has 154 valence electrons. The lowest BCUT2D eigenvalue weighted by Gasteiger charge is -2.27. The van der Waals surface area contributed by atoms with Crippen LogP contribution in [0.15, 0.2) is 84.4 Å². The number of carbonyl (C=O) groups is 3. The monoisotopic (exact) mass is 432 g/mol. The van der Waals surface area contributed by atoms with Crippen LogP contribution in [-0.4, -0.2) is 17.8 Å². The number of para-hydroxylation sites is 1. The Morgan fingerprint density at radius 2 is 1.55 bits per heavy atom. The maximum atomic E-state index is 12.9. The molecule has 1 aliphatic heterocycles. The molecule has 0 aliphatic carbocycles. The van der Waals surface area contributed by atoms with Crippen LogP contribution in [0.3, 0.4) is 0 Å². The summed E-state index contributed by atoms with van der Waals surface area (Å²) in [6, 6.07) is 22.3. The lowest BCUT2D eigenvalue weighted by Crippen LogP contribution is -2.54. The van der Waals surface area contributed by atoms with E-state index in [9.17, 15) is 14.4 Å². The Labute approximate surface area is 183 Å². The van der Waals surface area contributed by atoms with Gasteiger partial charge in [-0.1, -0.05) is 66.2 Å². The molecule has 0 radical (unpaired) electrons. The molecule has 31 heavy (non-hydrogen) atoms. The standard InChI is InChI=1S/C24H17ClN2O4/c25-20-8-4-5-9-21(20)27-23(29)19(22(28)26-24(27)30)14-16-10-12-18(13-11-16)31-15-17-6-2-1-3-7-17/h1-14H,15H2,(H,26,28,30)/b19-14+. The summed E-state index contributed by atoms with van der Waals surface area (Å²) in [6.07, 6.45) is 1.43. The number of carbonyl (C=O) groups excluding carboxylic acids is 3. The van der Waals surface area contributed by atoms with Crippen LogP contribution in [0, 0.1) is 0 Å². The van der Waals surface area contributed by atoms with E-state index in [1.165, 1.54) is 12.1 Å². The van der Waals surface area contributed by atoms with E-state index in [-0.39, 0.29) is 16.3 Å². The van der Waals surface area contributed by atoms with E-state index < -0.39 is 17.8 Å². The largest absolute Gasteiger partial charge is 0.489 e. The van der Waals surface area contributed by atoms with Crippen LogP contribution in [0.25, 0.3) is 6.08 Å². The Balaban J connectivity index is 1.54. The molecule has 0 atom stereocenters. The van der Waals surface area contributed by atoms with Gasteiger partial charge in [0.2, 0.25) is 0 Å². The second-order valence-corrected chi connectivity index (χ2v) is 7.16. The Bertz CT molecular complexity index is 1170. The molecule has 1 saturated heterocycles. The summed E-state index contributed by atoms with van der Waals surface area (Å²) in [6.45, 7) is 0.428. The number of hydrogen-bond donors (Lipinski definition) is 1. The SMILES string of the molecule is O=C1NC(=O)N(c2ccccc2Cl)C(=O)/C1=C/c1ccc(OCc2ccccc2)cc1. The van der Waals surface area contributed by atoms with E-state index in [0.29, 0.717) is 17.9 Å². The van der Waals surface area contributed by atoms with Crippen LogP contribution in [-0.2, 0) is 16.2 Å². The molecule has 1 heterocycles. The molecule has 3 aromatic carbocycles. The fourth-order valence-corrected chi connectivity index (χ4v) is 3.30. The van der Waals surface area contributed by atoms with Crippen LogP contribution in [0.2, 0.25) is 5.02 Å². The summed E-state index contributed by atoms with van der Waals surface area (Å²) in [4.78, 5) is 38.3. The Kier molecular flexibility index (Phi) is 5.82. The third-order valence-electron chi connectivity index (χ3n) is 4.63. The molecule has 7 heteroatoms. The number of rotatable bonds is 5. The third kappa shape index (κ3) is 4.49. The summed E-state index contributed by atoms with van der Waals surface area (Å²) in [5, 5.41) is 2.40. The zero-order valence-electron chi connectivity index (χ0n) is 16.2. The van der Waals surface area contributed by atoms with Crippen molar-refractivity contribution in [3.8, 4) is 5.75 Å². The summed E-state index contributed by atoms with van der Waals surface area (Å²) in [5.41, 5.74) is 1.69. The van der Waals surface area contributed by atoms with Crippen molar-refractivity contribution in [2.24, 2.45) is 0 Å². The molecule has 0 aromatic heterocycles. The zero-order chi connectivity index (χ0) is 21.8. The quantitative estimate of drug-likeness (QED) is 0.472. The highest BCUT2D eigenvalue weighted by Crippen LogP contribution is 2.29. The van der Waals surface area contributed by atoms with Crippen molar-refractivity contribution < 1.29 is 19.1 Å². The fraction of sp³-hybridized carbons (Fsp3) is 0.0417. The average Bonchev–Trinajstić information content (AvgIpc) is 2.78. The fourth-order valence-electron chi connectivity index (χ4n) is 3.08. The van der Waals surface area contributed by atoms with Gasteiger partial charge >= 0.3 is 6.03 Å². The molecule has 0 spiro atoms. The normalized spacial score (nSPS) is 15.2. The molecule has 4 amide bonds. The molecule has 1 N–H and O–H groups in total. The topological polar surface area (TPSA) is 75.7 Å². The summed E-state index contributed by atoms with van der Waals surface area (Å²) in [7, 11) is 0. The maximum Gasteiger partial charge on any atom is 0.335 e. The summed E-state index contributed by atoms with van der Waals surface area (Å²) >= 11 is 6.13. The van der Waals surface area contributed by atoms with E-state index >= 15 is 0 Å². The van der Waals surface area contributed by atoms with E-state index in [1.54, 1.807) is 42.5 Å². The van der Waals surface area contributed by atoms with Gasteiger partial charge in [0.15, 0.2) is 0 Å². The second kappa shape index (κ2) is 8.85. The van der Waals surface area contributed by atoms with E-state index in [1.807, 2.05) is 30.3 Å². The van der Waals surface area contributed by atoms with Gasteiger partial charge in [0.1, 0.15) is 17.9 Å². The minimum Gasteiger partial charge on any atom is -0.489 e. The molecular formula is C24H17ClN2O4. The molecule has 3 aromatic rings. The van der Waals surface area contributed by atoms with Gasteiger partial charge < -0.3 is 4.74 Å². The molecule has 0 unspecified atom stereocenters. The first-order valence-corrected chi connectivity index (χ1v) is 9.83. The van der Waals surface area contributed by atoms with Gasteiger partial charge in [-0.05, 0) is 41.5 Å². The molecule has 0 bridgehead atoms. The van der Waals surface area contributed by atoms with Crippen molar-refractivity contribution in [3.63, 3.8) is 0 Å². The lowest BCUT2D eigenvalue weighted by molar-refractivity contribution is -0.122. The Morgan fingerprint density at radius 1 is 0.871 bits per heavy atom. The number of nitrogens with zero attached hydrogens (tertiary/aromatic N) is 1. The highest BCUT2D eigenvalue weighted by molar-refractivity contribution is 6.42. The highest BCUT2D eigenvalue weighted by Gasteiger charge is 2.37. The number of urea groups is 1. The van der Waals surface area contributed by atoms with E-state index in [4.69, 9.17) is 16.3 Å².